The lowest BCUT2D eigenvalue weighted by atomic mass is 9.95. The van der Waals surface area contributed by atoms with Crippen molar-refractivity contribution >= 4 is 7.82 Å². The second-order valence-electron chi connectivity index (χ2n) is 9.92. The Morgan fingerprint density at radius 3 is 2.00 bits per heavy atom. The third-order valence-electron chi connectivity index (χ3n) is 6.48. The molecule has 1 N–H and O–H groups in total. The fourth-order valence-electron chi connectivity index (χ4n) is 3.97. The van der Waals surface area contributed by atoms with Gasteiger partial charge in [0.05, 0.1) is 44.0 Å². The zero-order valence-electron chi connectivity index (χ0n) is 23.9. The molecule has 9 heteroatoms. The van der Waals surface area contributed by atoms with E-state index < -0.39 is 13.4 Å². The van der Waals surface area contributed by atoms with E-state index in [1.165, 1.54) is 0 Å². The number of rotatable bonds is 17. The molecule has 0 amide bonds. The number of phosphoric acid groups is 1. The summed E-state index contributed by atoms with van der Waals surface area (Å²) >= 11 is 0. The van der Waals surface area contributed by atoms with Gasteiger partial charge in [-0.25, -0.2) is 9.25 Å². The van der Waals surface area contributed by atoms with Crippen LogP contribution in [0.2, 0.25) is 0 Å². The SMILES string of the molecule is CCCCOP(=O)(OCCCC)OCCCC(C)(O)c1cc(-c2ccc(C)cc2)n(-c2ccc(OC)cc2)n1. The first-order valence-corrected chi connectivity index (χ1v) is 15.3. The number of phosphoric ester groups is 1. The second kappa shape index (κ2) is 14.8. The van der Waals surface area contributed by atoms with E-state index in [2.05, 4.69) is 12.1 Å². The van der Waals surface area contributed by atoms with Gasteiger partial charge in [0, 0.05) is 5.56 Å². The van der Waals surface area contributed by atoms with Crippen molar-refractivity contribution in [2.75, 3.05) is 26.9 Å². The molecule has 1 heterocycles. The first-order valence-electron chi connectivity index (χ1n) is 13.8. The average Bonchev–Trinajstić information content (AvgIpc) is 3.39. The van der Waals surface area contributed by atoms with Gasteiger partial charge in [-0.15, -0.1) is 0 Å². The van der Waals surface area contributed by atoms with Crippen molar-refractivity contribution in [1.82, 2.24) is 9.78 Å². The van der Waals surface area contributed by atoms with Crippen molar-refractivity contribution in [3.05, 3.63) is 65.9 Å². The second-order valence-corrected chi connectivity index (χ2v) is 11.6. The summed E-state index contributed by atoms with van der Waals surface area (Å²) in [5.74, 6) is 0.754. The van der Waals surface area contributed by atoms with Crippen LogP contribution in [0.3, 0.4) is 0 Å². The van der Waals surface area contributed by atoms with E-state index in [0.29, 0.717) is 31.7 Å². The lowest BCUT2D eigenvalue weighted by Gasteiger charge is -2.22. The summed E-state index contributed by atoms with van der Waals surface area (Å²) in [5.41, 5.74) is 3.17. The van der Waals surface area contributed by atoms with Crippen LogP contribution in [-0.2, 0) is 23.7 Å². The molecular weight excluding hydrogens is 515 g/mol. The van der Waals surface area contributed by atoms with Crippen molar-refractivity contribution in [2.45, 2.75) is 71.8 Å². The molecule has 214 valence electrons. The van der Waals surface area contributed by atoms with Crippen LogP contribution in [0.4, 0.5) is 0 Å². The Labute approximate surface area is 232 Å². The highest BCUT2D eigenvalue weighted by Crippen LogP contribution is 2.50. The Morgan fingerprint density at radius 1 is 0.897 bits per heavy atom. The van der Waals surface area contributed by atoms with Gasteiger partial charge in [0.2, 0.25) is 0 Å². The first-order chi connectivity index (χ1) is 18.7. The van der Waals surface area contributed by atoms with Gasteiger partial charge in [-0.05, 0) is 69.9 Å². The summed E-state index contributed by atoms with van der Waals surface area (Å²) in [5, 5.41) is 16.3. The number of unbranched alkanes of at least 4 members (excludes halogenated alkanes) is 2. The molecule has 8 nitrogen and oxygen atoms in total. The maximum absolute atomic E-state index is 13.0. The van der Waals surface area contributed by atoms with Gasteiger partial charge in [0.25, 0.3) is 0 Å². The Kier molecular flexibility index (Phi) is 11.8. The van der Waals surface area contributed by atoms with Crippen LogP contribution < -0.4 is 4.74 Å². The molecule has 1 aromatic heterocycles. The fraction of sp³-hybridized carbons (Fsp3) is 0.500. The maximum atomic E-state index is 13.0. The van der Waals surface area contributed by atoms with Crippen molar-refractivity contribution in [2.24, 2.45) is 0 Å². The van der Waals surface area contributed by atoms with Crippen LogP contribution in [-0.4, -0.2) is 41.8 Å². The molecule has 1 unspecified atom stereocenters. The summed E-state index contributed by atoms with van der Waals surface area (Å²) in [6.45, 7) is 8.64. The highest BCUT2D eigenvalue weighted by atomic mass is 31.2. The van der Waals surface area contributed by atoms with Gasteiger partial charge in [-0.2, -0.15) is 5.10 Å². The van der Waals surface area contributed by atoms with E-state index in [1.54, 1.807) is 14.0 Å². The summed E-state index contributed by atoms with van der Waals surface area (Å²) < 4.78 is 36.8. The smallest absolute Gasteiger partial charge is 0.474 e. The van der Waals surface area contributed by atoms with Gasteiger partial charge < -0.3 is 9.84 Å². The quantitative estimate of drug-likeness (QED) is 0.135. The minimum absolute atomic E-state index is 0.135. The van der Waals surface area contributed by atoms with Crippen LogP contribution in [0, 0.1) is 6.92 Å². The lowest BCUT2D eigenvalue weighted by Crippen LogP contribution is -2.22. The normalized spacial score (nSPS) is 13.4. The van der Waals surface area contributed by atoms with Crippen LogP contribution in [0.15, 0.2) is 54.6 Å². The minimum Gasteiger partial charge on any atom is -0.497 e. The van der Waals surface area contributed by atoms with Gasteiger partial charge >= 0.3 is 7.82 Å². The van der Waals surface area contributed by atoms with E-state index in [1.807, 2.05) is 67.9 Å². The maximum Gasteiger partial charge on any atom is 0.474 e. The van der Waals surface area contributed by atoms with Gasteiger partial charge in [0.1, 0.15) is 11.4 Å². The van der Waals surface area contributed by atoms with Crippen LogP contribution in [0.1, 0.15) is 70.6 Å². The molecule has 0 aliphatic carbocycles. The third-order valence-corrected chi connectivity index (χ3v) is 7.97. The van der Waals surface area contributed by atoms with Crippen molar-refractivity contribution in [1.29, 1.82) is 0 Å². The van der Waals surface area contributed by atoms with E-state index in [9.17, 15) is 9.67 Å². The Bertz CT molecular complexity index is 1180. The number of aromatic nitrogens is 2. The minimum atomic E-state index is -3.64. The molecule has 0 radical (unpaired) electrons. The Balaban J connectivity index is 1.75. The monoisotopic (exact) mass is 558 g/mol. The number of aliphatic hydroxyl groups is 1. The number of hydrogen-bond acceptors (Lipinski definition) is 7. The topological polar surface area (TPSA) is 92.0 Å². The van der Waals surface area contributed by atoms with E-state index in [4.69, 9.17) is 23.4 Å². The molecule has 0 saturated carbocycles. The zero-order chi connectivity index (χ0) is 28.3. The molecule has 0 saturated heterocycles. The number of nitrogens with zero attached hydrogens (tertiary/aromatic N) is 2. The van der Waals surface area contributed by atoms with Gasteiger partial charge in [-0.3, -0.25) is 13.6 Å². The summed E-state index contributed by atoms with van der Waals surface area (Å²) in [7, 11) is -2.01. The molecular formula is C30H43N2O6P. The molecule has 0 spiro atoms. The van der Waals surface area contributed by atoms with E-state index in [-0.39, 0.29) is 6.61 Å². The summed E-state index contributed by atoms with van der Waals surface area (Å²) in [6, 6.07) is 17.8. The van der Waals surface area contributed by atoms with Crippen molar-refractivity contribution in [3.63, 3.8) is 0 Å². The fourth-order valence-corrected chi connectivity index (χ4v) is 5.25. The standard InChI is InChI=1S/C30H43N2O6P/c1-6-8-20-36-39(34,37-21-9-7-2)38-22-10-19-30(4,33)29-23-28(25-13-11-24(3)12-14-25)32(31-29)26-15-17-27(35-5)18-16-26/h11-18,23,33H,6-10,19-22H2,1-5H3. The number of aryl methyl sites for hydroxylation is 1. The molecule has 3 aromatic rings. The van der Waals surface area contributed by atoms with E-state index in [0.717, 1.165) is 53.9 Å². The van der Waals surface area contributed by atoms with E-state index >= 15 is 0 Å². The number of benzene rings is 2. The average molecular weight is 559 g/mol. The number of methoxy groups -OCH3 is 1. The predicted octanol–water partition coefficient (Wildman–Crippen LogP) is 7.60. The Morgan fingerprint density at radius 2 is 1.46 bits per heavy atom. The number of hydrogen-bond donors (Lipinski definition) is 1. The molecule has 0 bridgehead atoms. The van der Waals surface area contributed by atoms with Crippen LogP contribution >= 0.6 is 7.82 Å². The summed E-state index contributed by atoms with van der Waals surface area (Å²) in [4.78, 5) is 0. The molecule has 0 aliphatic heterocycles. The zero-order valence-corrected chi connectivity index (χ0v) is 24.8. The highest BCUT2D eigenvalue weighted by Gasteiger charge is 2.30. The largest absolute Gasteiger partial charge is 0.497 e. The number of ether oxygens (including phenoxy) is 1. The van der Waals surface area contributed by atoms with Crippen LogP contribution in [0.5, 0.6) is 5.75 Å². The molecule has 0 aliphatic rings. The first kappa shape index (κ1) is 31.1. The lowest BCUT2D eigenvalue weighted by molar-refractivity contribution is 0.0330. The molecule has 1 atom stereocenters. The van der Waals surface area contributed by atoms with Crippen molar-refractivity contribution < 1.29 is 28.0 Å². The summed E-state index contributed by atoms with van der Waals surface area (Å²) in [6.07, 6.45) is 4.19. The van der Waals surface area contributed by atoms with Crippen LogP contribution in [0.25, 0.3) is 16.9 Å². The molecule has 39 heavy (non-hydrogen) atoms. The van der Waals surface area contributed by atoms with Gasteiger partial charge in [-0.1, -0.05) is 56.5 Å². The van der Waals surface area contributed by atoms with Gasteiger partial charge in [0.15, 0.2) is 0 Å². The molecule has 3 rings (SSSR count). The molecule has 0 fully saturated rings. The predicted molar refractivity (Wildman–Crippen MR) is 154 cm³/mol. The third kappa shape index (κ3) is 9.02. The molecule has 2 aromatic carbocycles. The van der Waals surface area contributed by atoms with Crippen molar-refractivity contribution in [3.8, 4) is 22.7 Å². The Hall–Kier alpha value is -2.48. The highest BCUT2D eigenvalue weighted by molar-refractivity contribution is 7.48.